The monoisotopic (exact) mass is 519 g/mol. The molecule has 3 aromatic rings. The van der Waals surface area contributed by atoms with Crippen molar-refractivity contribution in [2.45, 2.75) is 89.8 Å². The van der Waals surface area contributed by atoms with Gasteiger partial charge in [-0.1, -0.05) is 31.9 Å². The van der Waals surface area contributed by atoms with Crippen molar-refractivity contribution >= 4 is 0 Å². The van der Waals surface area contributed by atoms with Gasteiger partial charge in [-0.2, -0.15) is 9.90 Å². The highest BCUT2D eigenvalue weighted by Crippen LogP contribution is 2.30. The quantitative estimate of drug-likeness (QED) is 0.357. The number of aryl methyl sites for hydroxylation is 2. The third kappa shape index (κ3) is 7.28. The summed E-state index contributed by atoms with van der Waals surface area (Å²) in [7, 11) is 1.80. The van der Waals surface area contributed by atoms with E-state index in [1.807, 2.05) is 0 Å². The van der Waals surface area contributed by atoms with Crippen molar-refractivity contribution in [3.05, 3.63) is 41.9 Å². The molecule has 2 fully saturated rings. The maximum Gasteiger partial charge on any atom is 0.234 e. The summed E-state index contributed by atoms with van der Waals surface area (Å²) in [6.45, 7) is 5.12. The lowest BCUT2D eigenvalue weighted by molar-refractivity contribution is 0.0963. The first-order chi connectivity index (χ1) is 18.7. The molecule has 1 saturated heterocycles. The zero-order valence-electron chi connectivity index (χ0n) is 22.9. The standard InChI is InChI=1S/C29H41N7O2/c1-3-4-10-27-26(22-11-13-24(14-12-22)37-23-8-6-5-7-9-23)21-29(32-30-27)38-25-15-18-36(19-16-25)20-17-28-31-34-35(2)33-28/h11-14,21,23,25H,3-10,15-20H2,1-2H3. The number of benzene rings is 1. The molecule has 1 saturated carbocycles. The normalized spacial score (nSPS) is 17.5. The number of nitrogens with zero attached hydrogens (tertiary/aromatic N) is 7. The number of aromatic nitrogens is 6. The first kappa shape index (κ1) is 26.5. The summed E-state index contributed by atoms with van der Waals surface area (Å²) in [5, 5.41) is 21.4. The average Bonchev–Trinajstić information content (AvgIpc) is 3.38. The molecule has 0 N–H and O–H groups in total. The number of ether oxygens (including phenoxy) is 2. The average molecular weight is 520 g/mol. The fourth-order valence-corrected chi connectivity index (χ4v) is 5.43. The lowest BCUT2D eigenvalue weighted by Gasteiger charge is -2.31. The minimum atomic E-state index is 0.149. The van der Waals surface area contributed by atoms with Gasteiger partial charge in [-0.25, -0.2) is 0 Å². The van der Waals surface area contributed by atoms with E-state index in [1.165, 1.54) is 24.1 Å². The van der Waals surface area contributed by atoms with Gasteiger partial charge < -0.3 is 14.4 Å². The molecule has 9 heteroatoms. The molecule has 1 aliphatic heterocycles. The molecule has 3 heterocycles. The van der Waals surface area contributed by atoms with Gasteiger partial charge >= 0.3 is 0 Å². The number of piperidine rings is 1. The smallest absolute Gasteiger partial charge is 0.234 e. The molecule has 204 valence electrons. The van der Waals surface area contributed by atoms with Gasteiger partial charge in [-0.05, 0) is 74.3 Å². The Morgan fingerprint density at radius 1 is 0.868 bits per heavy atom. The van der Waals surface area contributed by atoms with Crippen LogP contribution in [0.5, 0.6) is 11.6 Å². The second-order valence-electron chi connectivity index (χ2n) is 10.7. The van der Waals surface area contributed by atoms with Crippen LogP contribution in [0.15, 0.2) is 30.3 Å². The van der Waals surface area contributed by atoms with Crippen molar-refractivity contribution in [2.75, 3.05) is 19.6 Å². The third-order valence-corrected chi connectivity index (χ3v) is 7.66. The summed E-state index contributed by atoms with van der Waals surface area (Å²) in [5.74, 6) is 2.37. The van der Waals surface area contributed by atoms with Gasteiger partial charge in [-0.3, -0.25) is 0 Å². The maximum atomic E-state index is 6.35. The SMILES string of the molecule is CCCCc1nnc(OC2CCN(CCc3nnn(C)n3)CC2)cc1-c1ccc(OC2CCCCC2)cc1. The van der Waals surface area contributed by atoms with Gasteiger partial charge in [-0.15, -0.1) is 15.3 Å². The summed E-state index contributed by atoms with van der Waals surface area (Å²) in [5.41, 5.74) is 3.29. The molecule has 0 bridgehead atoms. The summed E-state index contributed by atoms with van der Waals surface area (Å²) in [6, 6.07) is 10.6. The molecule has 2 aliphatic rings. The van der Waals surface area contributed by atoms with E-state index < -0.39 is 0 Å². The second-order valence-corrected chi connectivity index (χ2v) is 10.7. The molecule has 0 unspecified atom stereocenters. The zero-order chi connectivity index (χ0) is 26.2. The summed E-state index contributed by atoms with van der Waals surface area (Å²) >= 11 is 0. The van der Waals surface area contributed by atoms with E-state index in [4.69, 9.17) is 9.47 Å². The molecule has 2 aromatic heterocycles. The highest BCUT2D eigenvalue weighted by Gasteiger charge is 2.22. The van der Waals surface area contributed by atoms with E-state index >= 15 is 0 Å². The van der Waals surface area contributed by atoms with Crippen molar-refractivity contribution in [1.29, 1.82) is 0 Å². The van der Waals surface area contributed by atoms with Crippen LogP contribution in [0.4, 0.5) is 0 Å². The molecule has 0 atom stereocenters. The van der Waals surface area contributed by atoms with E-state index in [-0.39, 0.29) is 6.10 Å². The largest absolute Gasteiger partial charge is 0.490 e. The molecule has 38 heavy (non-hydrogen) atoms. The Balaban J connectivity index is 1.20. The van der Waals surface area contributed by atoms with Crippen LogP contribution in [0, 0.1) is 0 Å². The van der Waals surface area contributed by atoms with Crippen molar-refractivity contribution < 1.29 is 9.47 Å². The molecule has 0 radical (unpaired) electrons. The van der Waals surface area contributed by atoms with Crippen LogP contribution in [0.2, 0.25) is 0 Å². The number of tetrazole rings is 1. The van der Waals surface area contributed by atoms with Gasteiger partial charge in [0, 0.05) is 37.7 Å². The van der Waals surface area contributed by atoms with Crippen LogP contribution < -0.4 is 9.47 Å². The van der Waals surface area contributed by atoms with Gasteiger partial charge in [0.25, 0.3) is 0 Å². The minimum Gasteiger partial charge on any atom is -0.490 e. The number of unbranched alkanes of at least 4 members (excludes halogenated alkanes) is 1. The molecule has 5 rings (SSSR count). The van der Waals surface area contributed by atoms with Gasteiger partial charge in [0.05, 0.1) is 18.8 Å². The van der Waals surface area contributed by atoms with E-state index in [0.717, 1.165) is 99.4 Å². The number of likely N-dealkylation sites (tertiary alicyclic amines) is 1. The highest BCUT2D eigenvalue weighted by molar-refractivity contribution is 5.67. The molecule has 0 amide bonds. The van der Waals surface area contributed by atoms with Crippen LogP contribution in [0.3, 0.4) is 0 Å². The Hall–Kier alpha value is -3.07. The lowest BCUT2D eigenvalue weighted by Crippen LogP contribution is -2.39. The molecular weight excluding hydrogens is 478 g/mol. The predicted octanol–water partition coefficient (Wildman–Crippen LogP) is 4.81. The highest BCUT2D eigenvalue weighted by atomic mass is 16.5. The first-order valence-corrected chi connectivity index (χ1v) is 14.4. The predicted molar refractivity (Wildman–Crippen MR) is 146 cm³/mol. The summed E-state index contributed by atoms with van der Waals surface area (Å²) in [4.78, 5) is 3.95. The fraction of sp³-hybridized carbons (Fsp3) is 0.621. The number of hydrogen-bond donors (Lipinski definition) is 0. The summed E-state index contributed by atoms with van der Waals surface area (Å²) in [6.07, 6.45) is 12.6. The Morgan fingerprint density at radius 3 is 2.34 bits per heavy atom. The van der Waals surface area contributed by atoms with Crippen molar-refractivity contribution in [2.24, 2.45) is 7.05 Å². The van der Waals surface area contributed by atoms with Crippen molar-refractivity contribution in [3.8, 4) is 22.8 Å². The van der Waals surface area contributed by atoms with Crippen molar-refractivity contribution in [1.82, 2.24) is 35.3 Å². The van der Waals surface area contributed by atoms with Gasteiger partial charge in [0.2, 0.25) is 5.88 Å². The van der Waals surface area contributed by atoms with E-state index in [1.54, 1.807) is 7.05 Å². The van der Waals surface area contributed by atoms with Crippen LogP contribution >= 0.6 is 0 Å². The molecular formula is C29H41N7O2. The van der Waals surface area contributed by atoms with Crippen LogP contribution in [-0.2, 0) is 19.9 Å². The Kier molecular flexibility index (Phi) is 9.17. The van der Waals surface area contributed by atoms with Crippen molar-refractivity contribution in [3.63, 3.8) is 0 Å². The molecule has 9 nitrogen and oxygen atoms in total. The Bertz CT molecular complexity index is 1140. The summed E-state index contributed by atoms with van der Waals surface area (Å²) < 4.78 is 12.6. The number of rotatable bonds is 11. The van der Waals surface area contributed by atoms with Gasteiger partial charge in [0.15, 0.2) is 5.82 Å². The lowest BCUT2D eigenvalue weighted by atomic mass is 9.97. The van der Waals surface area contributed by atoms with E-state index in [0.29, 0.717) is 12.0 Å². The molecule has 0 spiro atoms. The maximum absolute atomic E-state index is 6.35. The first-order valence-electron chi connectivity index (χ1n) is 14.4. The molecule has 1 aliphatic carbocycles. The van der Waals surface area contributed by atoms with E-state index in [9.17, 15) is 0 Å². The van der Waals surface area contributed by atoms with Crippen LogP contribution in [0.1, 0.15) is 76.2 Å². The number of hydrogen-bond acceptors (Lipinski definition) is 8. The third-order valence-electron chi connectivity index (χ3n) is 7.66. The molecule has 1 aromatic carbocycles. The minimum absolute atomic E-state index is 0.149. The zero-order valence-corrected chi connectivity index (χ0v) is 22.9. The Morgan fingerprint density at radius 2 is 1.63 bits per heavy atom. The second kappa shape index (κ2) is 13.1. The Labute approximate surface area is 225 Å². The van der Waals surface area contributed by atoms with Crippen LogP contribution in [-0.4, -0.2) is 67.1 Å². The fourth-order valence-electron chi connectivity index (χ4n) is 5.43. The van der Waals surface area contributed by atoms with E-state index in [2.05, 4.69) is 67.8 Å². The van der Waals surface area contributed by atoms with Gasteiger partial charge in [0.1, 0.15) is 11.9 Å². The topological polar surface area (TPSA) is 91.1 Å². The van der Waals surface area contributed by atoms with Crippen LogP contribution in [0.25, 0.3) is 11.1 Å².